The molecule has 2 saturated heterocycles. The van der Waals surface area contributed by atoms with Crippen molar-refractivity contribution in [2.75, 3.05) is 26.2 Å². The van der Waals surface area contributed by atoms with Crippen LogP contribution in [0, 0.1) is 5.92 Å². The highest BCUT2D eigenvalue weighted by Crippen LogP contribution is 2.21. The molecule has 4 heteroatoms. The Bertz CT molecular complexity index is 262. The maximum absolute atomic E-state index is 11.7. The first-order valence-electron chi connectivity index (χ1n) is 6.78. The van der Waals surface area contributed by atoms with E-state index >= 15 is 0 Å². The molecule has 1 atom stereocenters. The molecule has 1 N–H and O–H groups in total. The Kier molecular flexibility index (Phi) is 4.40. The quantitative estimate of drug-likeness (QED) is 0.797. The maximum atomic E-state index is 11.7. The zero-order chi connectivity index (χ0) is 12.3. The van der Waals surface area contributed by atoms with Gasteiger partial charge in [-0.05, 0) is 39.8 Å². The lowest BCUT2D eigenvalue weighted by atomic mass is 10.1. The SMILES string of the molecule is CC(C)N1CC(COC2CCNCC2)CC1=O. The largest absolute Gasteiger partial charge is 0.378 e. The van der Waals surface area contributed by atoms with Gasteiger partial charge in [0.1, 0.15) is 0 Å². The average Bonchev–Trinajstić information content (AvgIpc) is 2.69. The molecule has 0 aromatic carbocycles. The second kappa shape index (κ2) is 5.83. The van der Waals surface area contributed by atoms with Crippen LogP contribution in [0.2, 0.25) is 0 Å². The van der Waals surface area contributed by atoms with Crippen molar-refractivity contribution in [1.82, 2.24) is 10.2 Å². The number of amides is 1. The Morgan fingerprint density at radius 1 is 1.41 bits per heavy atom. The average molecular weight is 240 g/mol. The van der Waals surface area contributed by atoms with Gasteiger partial charge in [0.25, 0.3) is 0 Å². The summed E-state index contributed by atoms with van der Waals surface area (Å²) in [6.07, 6.45) is 3.28. The van der Waals surface area contributed by atoms with Gasteiger partial charge < -0.3 is 15.0 Å². The Morgan fingerprint density at radius 3 is 2.71 bits per heavy atom. The minimum Gasteiger partial charge on any atom is -0.378 e. The summed E-state index contributed by atoms with van der Waals surface area (Å²) in [7, 11) is 0. The highest BCUT2D eigenvalue weighted by atomic mass is 16.5. The van der Waals surface area contributed by atoms with Gasteiger partial charge in [-0.1, -0.05) is 0 Å². The van der Waals surface area contributed by atoms with E-state index in [4.69, 9.17) is 4.74 Å². The zero-order valence-corrected chi connectivity index (χ0v) is 10.9. The van der Waals surface area contributed by atoms with Crippen LogP contribution in [0.15, 0.2) is 0 Å². The van der Waals surface area contributed by atoms with Crippen molar-refractivity contribution in [3.63, 3.8) is 0 Å². The van der Waals surface area contributed by atoms with Crippen LogP contribution in [0.4, 0.5) is 0 Å². The van der Waals surface area contributed by atoms with Gasteiger partial charge in [-0.3, -0.25) is 4.79 Å². The van der Waals surface area contributed by atoms with Crippen LogP contribution in [0.25, 0.3) is 0 Å². The third kappa shape index (κ3) is 3.42. The molecule has 0 aromatic heterocycles. The van der Waals surface area contributed by atoms with Crippen molar-refractivity contribution < 1.29 is 9.53 Å². The fraction of sp³-hybridized carbons (Fsp3) is 0.923. The van der Waals surface area contributed by atoms with E-state index in [9.17, 15) is 4.79 Å². The highest BCUT2D eigenvalue weighted by molar-refractivity contribution is 5.78. The predicted molar refractivity (Wildman–Crippen MR) is 66.8 cm³/mol. The van der Waals surface area contributed by atoms with Crippen LogP contribution in [-0.2, 0) is 9.53 Å². The number of likely N-dealkylation sites (tertiary alicyclic amines) is 1. The lowest BCUT2D eigenvalue weighted by Gasteiger charge is -2.25. The Balaban J connectivity index is 1.71. The molecule has 2 heterocycles. The molecule has 0 aliphatic carbocycles. The summed E-state index contributed by atoms with van der Waals surface area (Å²) in [5, 5.41) is 3.33. The molecule has 2 aliphatic rings. The molecular formula is C13H24N2O2. The standard InChI is InChI=1S/C13H24N2O2/c1-10(2)15-8-11(7-13(15)16)9-17-12-3-5-14-6-4-12/h10-12,14H,3-9H2,1-2H3. The second-order valence-corrected chi connectivity index (χ2v) is 5.49. The second-order valence-electron chi connectivity index (χ2n) is 5.49. The van der Waals surface area contributed by atoms with E-state index in [1.54, 1.807) is 0 Å². The number of hydrogen-bond donors (Lipinski definition) is 1. The summed E-state index contributed by atoms with van der Waals surface area (Å²) in [4.78, 5) is 13.7. The molecule has 0 aromatic rings. The number of carbonyl (C=O) groups excluding carboxylic acids is 1. The van der Waals surface area contributed by atoms with Gasteiger partial charge in [-0.25, -0.2) is 0 Å². The number of nitrogens with zero attached hydrogens (tertiary/aromatic N) is 1. The predicted octanol–water partition coefficient (Wildman–Crippen LogP) is 1.01. The van der Waals surface area contributed by atoms with E-state index in [0.29, 0.717) is 30.4 Å². The van der Waals surface area contributed by atoms with Crippen LogP contribution < -0.4 is 5.32 Å². The lowest BCUT2D eigenvalue weighted by Crippen LogP contribution is -2.34. The first kappa shape index (κ1) is 12.8. The number of nitrogens with one attached hydrogen (secondary N) is 1. The van der Waals surface area contributed by atoms with E-state index in [-0.39, 0.29) is 0 Å². The van der Waals surface area contributed by atoms with Gasteiger partial charge in [-0.2, -0.15) is 0 Å². The topological polar surface area (TPSA) is 41.6 Å². The molecule has 0 spiro atoms. The summed E-state index contributed by atoms with van der Waals surface area (Å²) in [6, 6.07) is 0.325. The van der Waals surface area contributed by atoms with Gasteiger partial charge in [0.05, 0.1) is 12.7 Å². The summed E-state index contributed by atoms with van der Waals surface area (Å²) >= 11 is 0. The highest BCUT2D eigenvalue weighted by Gasteiger charge is 2.31. The van der Waals surface area contributed by atoms with E-state index in [1.807, 2.05) is 4.90 Å². The van der Waals surface area contributed by atoms with E-state index in [0.717, 1.165) is 39.1 Å². The number of hydrogen-bond acceptors (Lipinski definition) is 3. The van der Waals surface area contributed by atoms with E-state index < -0.39 is 0 Å². The first-order chi connectivity index (χ1) is 8.16. The summed E-state index contributed by atoms with van der Waals surface area (Å²) in [6.45, 7) is 7.90. The zero-order valence-electron chi connectivity index (χ0n) is 10.9. The monoisotopic (exact) mass is 240 g/mol. The fourth-order valence-electron chi connectivity index (χ4n) is 2.65. The Hall–Kier alpha value is -0.610. The molecule has 98 valence electrons. The molecule has 2 fully saturated rings. The summed E-state index contributed by atoms with van der Waals surface area (Å²) in [5.41, 5.74) is 0. The number of carbonyl (C=O) groups is 1. The number of piperidine rings is 1. The van der Waals surface area contributed by atoms with Crippen molar-refractivity contribution >= 4 is 5.91 Å². The summed E-state index contributed by atoms with van der Waals surface area (Å²) < 4.78 is 5.92. The minimum atomic E-state index is 0.291. The van der Waals surface area contributed by atoms with Gasteiger partial charge >= 0.3 is 0 Å². The molecule has 2 aliphatic heterocycles. The molecule has 2 rings (SSSR count). The van der Waals surface area contributed by atoms with E-state index in [1.165, 1.54) is 0 Å². The molecular weight excluding hydrogens is 216 g/mol. The van der Waals surface area contributed by atoms with Gasteiger partial charge in [0.2, 0.25) is 5.91 Å². The summed E-state index contributed by atoms with van der Waals surface area (Å²) in [5.74, 6) is 0.693. The lowest BCUT2D eigenvalue weighted by molar-refractivity contribution is -0.129. The van der Waals surface area contributed by atoms with Crippen molar-refractivity contribution in [3.05, 3.63) is 0 Å². The van der Waals surface area contributed by atoms with Crippen LogP contribution in [-0.4, -0.2) is 49.2 Å². The van der Waals surface area contributed by atoms with Crippen molar-refractivity contribution in [2.45, 2.75) is 45.3 Å². The Morgan fingerprint density at radius 2 is 2.12 bits per heavy atom. The molecule has 0 radical (unpaired) electrons. The third-order valence-electron chi connectivity index (χ3n) is 3.72. The van der Waals surface area contributed by atoms with Crippen molar-refractivity contribution in [2.24, 2.45) is 5.92 Å². The van der Waals surface area contributed by atoms with Crippen molar-refractivity contribution in [1.29, 1.82) is 0 Å². The van der Waals surface area contributed by atoms with Crippen LogP contribution in [0.5, 0.6) is 0 Å². The minimum absolute atomic E-state index is 0.291. The smallest absolute Gasteiger partial charge is 0.223 e. The Labute approximate surface area is 104 Å². The van der Waals surface area contributed by atoms with Gasteiger partial charge in [0.15, 0.2) is 0 Å². The first-order valence-corrected chi connectivity index (χ1v) is 6.78. The third-order valence-corrected chi connectivity index (χ3v) is 3.72. The molecule has 1 unspecified atom stereocenters. The molecule has 1 amide bonds. The molecule has 0 bridgehead atoms. The van der Waals surface area contributed by atoms with Gasteiger partial charge in [-0.15, -0.1) is 0 Å². The molecule has 4 nitrogen and oxygen atoms in total. The van der Waals surface area contributed by atoms with Crippen molar-refractivity contribution in [3.8, 4) is 0 Å². The fourth-order valence-corrected chi connectivity index (χ4v) is 2.65. The molecule has 0 saturated carbocycles. The normalized spacial score (nSPS) is 27.1. The van der Waals surface area contributed by atoms with Gasteiger partial charge in [0, 0.05) is 24.9 Å². The van der Waals surface area contributed by atoms with Crippen LogP contribution in [0.1, 0.15) is 33.1 Å². The molecule has 17 heavy (non-hydrogen) atoms. The van der Waals surface area contributed by atoms with E-state index in [2.05, 4.69) is 19.2 Å². The maximum Gasteiger partial charge on any atom is 0.223 e. The number of rotatable bonds is 4. The van der Waals surface area contributed by atoms with Crippen LogP contribution in [0.3, 0.4) is 0 Å². The number of ether oxygens (including phenoxy) is 1. The van der Waals surface area contributed by atoms with Crippen LogP contribution >= 0.6 is 0 Å².